The van der Waals surface area contributed by atoms with Gasteiger partial charge in [-0.15, -0.1) is 0 Å². The molecule has 34 heavy (non-hydrogen) atoms. The zero-order valence-electron chi connectivity index (χ0n) is 19.6. The highest BCUT2D eigenvalue weighted by Gasteiger charge is 2.35. The molecule has 180 valence electrons. The summed E-state index contributed by atoms with van der Waals surface area (Å²) in [7, 11) is 1.60. The van der Waals surface area contributed by atoms with Gasteiger partial charge in [-0.05, 0) is 62.7 Å². The molecule has 2 aliphatic rings. The van der Waals surface area contributed by atoms with Gasteiger partial charge in [0.15, 0.2) is 0 Å². The number of carbonyl (C=O) groups is 2. The fraction of sp³-hybridized carbons (Fsp3) is 0.423. The molecule has 2 aromatic carbocycles. The number of benzene rings is 2. The van der Waals surface area contributed by atoms with Crippen LogP contribution in [0.3, 0.4) is 0 Å². The second kappa shape index (κ2) is 10.8. The van der Waals surface area contributed by atoms with E-state index in [0.717, 1.165) is 11.3 Å². The average Bonchev–Trinajstić information content (AvgIpc) is 3.30. The lowest BCUT2D eigenvalue weighted by molar-refractivity contribution is -0.149. The van der Waals surface area contributed by atoms with E-state index in [1.807, 2.05) is 35.2 Å². The van der Waals surface area contributed by atoms with Gasteiger partial charge in [0.1, 0.15) is 11.6 Å². The molecule has 0 saturated carbocycles. The van der Waals surface area contributed by atoms with Crippen molar-refractivity contribution < 1.29 is 23.5 Å². The Morgan fingerprint density at radius 1 is 1.12 bits per heavy atom. The summed E-state index contributed by atoms with van der Waals surface area (Å²) in [5.74, 6) is -0.112. The largest absolute Gasteiger partial charge is 0.496 e. The Kier molecular flexibility index (Phi) is 7.57. The Bertz CT molecular complexity index is 1070. The van der Waals surface area contributed by atoms with Gasteiger partial charge in [0, 0.05) is 12.0 Å². The zero-order valence-corrected chi connectivity index (χ0v) is 19.6. The number of rotatable bonds is 7. The summed E-state index contributed by atoms with van der Waals surface area (Å²) in [5.41, 5.74) is 2.24. The standard InChI is InChI=1S/C26H30FN3O4/c1-3-34-26(32)18-11-13-29(14-12-18)17-25(31)30-23(19-7-6-8-20(27)15-19)16-22(28-30)21-9-4-5-10-24(21)33-2/h4-10,15,18,23H,3,11-14,16-17H2,1-2H3/t23-/m0/s1. The fourth-order valence-electron chi connectivity index (χ4n) is 4.61. The number of hydrogen-bond acceptors (Lipinski definition) is 6. The number of likely N-dealkylation sites (tertiary alicyclic amines) is 1. The Labute approximate surface area is 199 Å². The van der Waals surface area contributed by atoms with Crippen LogP contribution in [0.4, 0.5) is 4.39 Å². The third-order valence-electron chi connectivity index (χ3n) is 6.38. The number of carbonyl (C=O) groups excluding carboxylic acids is 2. The maximum atomic E-state index is 14.0. The minimum Gasteiger partial charge on any atom is -0.496 e. The number of hydrazone groups is 1. The summed E-state index contributed by atoms with van der Waals surface area (Å²) in [6, 6.07) is 13.5. The molecule has 1 saturated heterocycles. The summed E-state index contributed by atoms with van der Waals surface area (Å²) in [6.07, 6.45) is 1.78. The molecule has 4 rings (SSSR count). The molecular formula is C26H30FN3O4. The molecule has 0 aliphatic carbocycles. The molecule has 0 N–H and O–H groups in total. The van der Waals surface area contributed by atoms with Gasteiger partial charge in [-0.25, -0.2) is 9.40 Å². The van der Waals surface area contributed by atoms with E-state index in [4.69, 9.17) is 9.47 Å². The van der Waals surface area contributed by atoms with Crippen LogP contribution in [-0.4, -0.2) is 60.8 Å². The lowest BCUT2D eigenvalue weighted by Gasteiger charge is -2.31. The quantitative estimate of drug-likeness (QED) is 0.580. The molecule has 0 radical (unpaired) electrons. The first-order valence-corrected chi connectivity index (χ1v) is 11.7. The van der Waals surface area contributed by atoms with Crippen molar-refractivity contribution in [2.75, 3.05) is 33.4 Å². The number of esters is 1. The van der Waals surface area contributed by atoms with Gasteiger partial charge in [0.2, 0.25) is 0 Å². The van der Waals surface area contributed by atoms with Gasteiger partial charge in [-0.3, -0.25) is 14.5 Å². The second-order valence-corrected chi connectivity index (χ2v) is 8.56. The van der Waals surface area contributed by atoms with Gasteiger partial charge < -0.3 is 9.47 Å². The number of methoxy groups -OCH3 is 1. The summed E-state index contributed by atoms with van der Waals surface area (Å²) in [6.45, 7) is 3.63. The minimum absolute atomic E-state index is 0.117. The van der Waals surface area contributed by atoms with E-state index in [1.54, 1.807) is 20.1 Å². The molecule has 1 atom stereocenters. The fourth-order valence-corrected chi connectivity index (χ4v) is 4.61. The van der Waals surface area contributed by atoms with Crippen molar-refractivity contribution in [2.24, 2.45) is 11.0 Å². The first-order valence-electron chi connectivity index (χ1n) is 11.7. The maximum Gasteiger partial charge on any atom is 0.309 e. The summed E-state index contributed by atoms with van der Waals surface area (Å²) >= 11 is 0. The molecule has 0 aromatic heterocycles. The van der Waals surface area contributed by atoms with Crippen LogP contribution >= 0.6 is 0 Å². The van der Waals surface area contributed by atoms with Crippen LogP contribution in [0.2, 0.25) is 0 Å². The summed E-state index contributed by atoms with van der Waals surface area (Å²) in [5, 5.41) is 6.16. The molecule has 2 aliphatic heterocycles. The van der Waals surface area contributed by atoms with Crippen LogP contribution < -0.4 is 4.74 Å². The molecular weight excluding hydrogens is 437 g/mol. The number of para-hydroxylation sites is 1. The molecule has 0 spiro atoms. The highest BCUT2D eigenvalue weighted by molar-refractivity contribution is 6.05. The Balaban J connectivity index is 1.52. The van der Waals surface area contributed by atoms with Gasteiger partial charge in [-0.2, -0.15) is 5.10 Å². The van der Waals surface area contributed by atoms with E-state index < -0.39 is 6.04 Å². The number of amides is 1. The molecule has 1 amide bonds. The zero-order chi connectivity index (χ0) is 24.1. The SMILES string of the molecule is CCOC(=O)C1CCN(CC(=O)N2N=C(c3ccccc3OC)C[C@H]2c2cccc(F)c2)CC1. The van der Waals surface area contributed by atoms with Crippen molar-refractivity contribution >= 4 is 17.6 Å². The van der Waals surface area contributed by atoms with Gasteiger partial charge >= 0.3 is 5.97 Å². The summed E-state index contributed by atoms with van der Waals surface area (Å²) in [4.78, 5) is 27.4. The third-order valence-corrected chi connectivity index (χ3v) is 6.38. The average molecular weight is 468 g/mol. The van der Waals surface area contributed by atoms with Crippen molar-refractivity contribution in [3.05, 3.63) is 65.5 Å². The van der Waals surface area contributed by atoms with Crippen molar-refractivity contribution in [1.29, 1.82) is 0 Å². The molecule has 0 bridgehead atoms. The molecule has 8 heteroatoms. The predicted molar refractivity (Wildman–Crippen MR) is 126 cm³/mol. The minimum atomic E-state index is -0.403. The van der Waals surface area contributed by atoms with Crippen LogP contribution in [0.25, 0.3) is 0 Å². The highest BCUT2D eigenvalue weighted by atomic mass is 19.1. The number of hydrogen-bond donors (Lipinski definition) is 0. The molecule has 7 nitrogen and oxygen atoms in total. The van der Waals surface area contributed by atoms with Gasteiger partial charge in [-0.1, -0.05) is 24.3 Å². The molecule has 0 unspecified atom stereocenters. The lowest BCUT2D eigenvalue weighted by Crippen LogP contribution is -2.43. The number of ether oxygens (including phenoxy) is 2. The van der Waals surface area contributed by atoms with Crippen LogP contribution in [0.15, 0.2) is 53.6 Å². The van der Waals surface area contributed by atoms with Crippen molar-refractivity contribution in [1.82, 2.24) is 9.91 Å². The second-order valence-electron chi connectivity index (χ2n) is 8.56. The highest BCUT2D eigenvalue weighted by Crippen LogP contribution is 2.35. The predicted octanol–water partition coefficient (Wildman–Crippen LogP) is 3.79. The summed E-state index contributed by atoms with van der Waals surface area (Å²) < 4.78 is 24.6. The molecule has 2 heterocycles. The van der Waals surface area contributed by atoms with Gasteiger partial charge in [0.05, 0.1) is 37.9 Å². The maximum absolute atomic E-state index is 14.0. The van der Waals surface area contributed by atoms with E-state index in [1.165, 1.54) is 17.1 Å². The van der Waals surface area contributed by atoms with Crippen LogP contribution in [-0.2, 0) is 14.3 Å². The normalized spacial score (nSPS) is 19.1. The van der Waals surface area contributed by atoms with Crippen molar-refractivity contribution in [3.63, 3.8) is 0 Å². The van der Waals surface area contributed by atoms with E-state index in [9.17, 15) is 14.0 Å². The first-order chi connectivity index (χ1) is 16.5. The first kappa shape index (κ1) is 23.9. The van der Waals surface area contributed by atoms with Crippen molar-refractivity contribution in [2.45, 2.75) is 32.2 Å². The number of halogens is 1. The van der Waals surface area contributed by atoms with E-state index in [2.05, 4.69) is 5.10 Å². The van der Waals surface area contributed by atoms with Crippen LogP contribution in [0.5, 0.6) is 5.75 Å². The van der Waals surface area contributed by atoms with Crippen molar-refractivity contribution in [3.8, 4) is 5.75 Å². The third kappa shape index (κ3) is 5.28. The smallest absolute Gasteiger partial charge is 0.309 e. The van der Waals surface area contributed by atoms with Crippen LogP contribution in [0.1, 0.15) is 43.4 Å². The van der Waals surface area contributed by atoms with E-state index in [-0.39, 0.29) is 30.2 Å². The Morgan fingerprint density at radius 2 is 1.88 bits per heavy atom. The van der Waals surface area contributed by atoms with Gasteiger partial charge in [0.25, 0.3) is 5.91 Å². The van der Waals surface area contributed by atoms with E-state index in [0.29, 0.717) is 50.3 Å². The monoisotopic (exact) mass is 467 g/mol. The topological polar surface area (TPSA) is 71.4 Å². The molecule has 1 fully saturated rings. The number of piperidine rings is 1. The van der Waals surface area contributed by atoms with E-state index >= 15 is 0 Å². The Hall–Kier alpha value is -3.26. The molecule has 2 aromatic rings. The van der Waals surface area contributed by atoms with Crippen LogP contribution in [0, 0.1) is 11.7 Å². The number of nitrogens with zero attached hydrogens (tertiary/aromatic N) is 3. The lowest BCUT2D eigenvalue weighted by atomic mass is 9.96. The Morgan fingerprint density at radius 3 is 2.59 bits per heavy atom.